The van der Waals surface area contributed by atoms with Crippen LogP contribution in [0.2, 0.25) is 0 Å². The number of carbonyl (C=O) groups excluding carboxylic acids is 1. The molecule has 2 N–H and O–H groups in total. The number of aromatic nitrogens is 1. The molecule has 1 aromatic heterocycles. The van der Waals surface area contributed by atoms with Crippen molar-refractivity contribution < 1.29 is 9.53 Å². The number of ether oxygens (including phenoxy) is 1. The van der Waals surface area contributed by atoms with Crippen molar-refractivity contribution in [3.63, 3.8) is 0 Å². The lowest BCUT2D eigenvalue weighted by molar-refractivity contribution is -0.0178. The molecule has 2 heterocycles. The Morgan fingerprint density at radius 2 is 2.33 bits per heavy atom. The number of hydrogen-bond acceptors (Lipinski definition) is 4. The van der Waals surface area contributed by atoms with E-state index >= 15 is 0 Å². The number of cyclic esters (lactones) is 1. The van der Waals surface area contributed by atoms with Crippen LogP contribution in [0.15, 0.2) is 12.1 Å². The van der Waals surface area contributed by atoms with E-state index in [0.717, 1.165) is 12.1 Å². The van der Waals surface area contributed by atoms with Gasteiger partial charge in [0.2, 0.25) is 0 Å². The molecule has 4 nitrogen and oxygen atoms in total. The first kappa shape index (κ1) is 9.96. The lowest BCUT2D eigenvalue weighted by Crippen LogP contribution is -2.38. The number of carbonyl (C=O) groups is 1. The fraction of sp³-hybridized carbons (Fsp3) is 0.455. The van der Waals surface area contributed by atoms with E-state index < -0.39 is 5.60 Å². The van der Waals surface area contributed by atoms with Crippen molar-refractivity contribution in [2.75, 3.05) is 5.73 Å². The summed E-state index contributed by atoms with van der Waals surface area (Å²) in [6.45, 7) is 3.91. The van der Waals surface area contributed by atoms with Gasteiger partial charge in [0.15, 0.2) is 0 Å². The number of nitrogen functional groups attached to an aromatic ring is 1. The van der Waals surface area contributed by atoms with E-state index in [-0.39, 0.29) is 5.97 Å². The van der Waals surface area contributed by atoms with Crippen molar-refractivity contribution in [2.24, 2.45) is 0 Å². The summed E-state index contributed by atoms with van der Waals surface area (Å²) >= 11 is 0. The summed E-state index contributed by atoms with van der Waals surface area (Å²) in [6.07, 6.45) is 1.41. The largest absolute Gasteiger partial charge is 0.455 e. The van der Waals surface area contributed by atoms with Crippen molar-refractivity contribution in [3.05, 3.63) is 23.4 Å². The molecule has 0 amide bonds. The zero-order chi connectivity index (χ0) is 11.1. The van der Waals surface area contributed by atoms with Gasteiger partial charge in [-0.05, 0) is 25.5 Å². The van der Waals surface area contributed by atoms with Crippen LogP contribution in [-0.2, 0) is 11.2 Å². The van der Waals surface area contributed by atoms with Crippen LogP contribution in [0, 0.1) is 0 Å². The molecule has 1 aliphatic heterocycles. The number of nitrogens with two attached hydrogens (primary N) is 1. The Kier molecular flexibility index (Phi) is 2.14. The first-order chi connectivity index (χ1) is 7.04. The second-order valence-corrected chi connectivity index (χ2v) is 4.10. The Balaban J connectivity index is 2.46. The number of rotatable bonds is 1. The summed E-state index contributed by atoms with van der Waals surface area (Å²) in [4.78, 5) is 15.9. The van der Waals surface area contributed by atoms with Gasteiger partial charge < -0.3 is 10.5 Å². The highest BCUT2D eigenvalue weighted by atomic mass is 16.6. The van der Waals surface area contributed by atoms with Crippen LogP contribution < -0.4 is 5.73 Å². The Hall–Kier alpha value is -1.58. The highest BCUT2D eigenvalue weighted by molar-refractivity contribution is 5.92. The predicted octanol–water partition coefficient (Wildman–Crippen LogP) is 1.55. The molecule has 80 valence electrons. The lowest BCUT2D eigenvalue weighted by Gasteiger charge is -2.32. The Labute approximate surface area is 88.4 Å². The average Bonchev–Trinajstić information content (AvgIpc) is 2.16. The van der Waals surface area contributed by atoms with Crippen molar-refractivity contribution in [2.45, 2.75) is 32.3 Å². The number of pyridine rings is 1. The third kappa shape index (κ3) is 1.67. The van der Waals surface area contributed by atoms with Gasteiger partial charge in [0, 0.05) is 6.42 Å². The molecule has 0 saturated heterocycles. The zero-order valence-electron chi connectivity index (χ0n) is 8.91. The standard InChI is InChI=1S/C11H14N2O2/c1-3-11(2)6-8-7(10(14)15-11)4-5-9(12)13-8/h4-5H,3,6H2,1-2H3,(H2,12,13). The summed E-state index contributed by atoms with van der Waals surface area (Å²) in [5.74, 6) is 0.148. The molecule has 0 aromatic carbocycles. The topological polar surface area (TPSA) is 65.2 Å². The molecule has 0 radical (unpaired) electrons. The van der Waals surface area contributed by atoms with Crippen LogP contribution in [0.3, 0.4) is 0 Å². The molecule has 0 spiro atoms. The van der Waals surface area contributed by atoms with Crippen LogP contribution in [0.1, 0.15) is 36.3 Å². The van der Waals surface area contributed by atoms with Crippen molar-refractivity contribution in [3.8, 4) is 0 Å². The Morgan fingerprint density at radius 1 is 1.60 bits per heavy atom. The number of esters is 1. The van der Waals surface area contributed by atoms with Crippen LogP contribution >= 0.6 is 0 Å². The number of nitrogens with zero attached hydrogens (tertiary/aromatic N) is 1. The minimum absolute atomic E-state index is 0.298. The van der Waals surface area contributed by atoms with Gasteiger partial charge >= 0.3 is 5.97 Å². The molecule has 1 atom stereocenters. The SMILES string of the molecule is CCC1(C)Cc2nc(N)ccc2C(=O)O1. The predicted molar refractivity (Wildman–Crippen MR) is 56.5 cm³/mol. The Bertz CT molecular complexity index is 417. The van der Waals surface area contributed by atoms with Gasteiger partial charge in [0.25, 0.3) is 0 Å². The van der Waals surface area contributed by atoms with Crippen LogP contribution in [0.25, 0.3) is 0 Å². The molecular weight excluding hydrogens is 192 g/mol. The first-order valence-electron chi connectivity index (χ1n) is 5.03. The smallest absolute Gasteiger partial charge is 0.340 e. The fourth-order valence-electron chi connectivity index (χ4n) is 1.71. The average molecular weight is 206 g/mol. The van der Waals surface area contributed by atoms with Crippen molar-refractivity contribution in [1.29, 1.82) is 0 Å². The van der Waals surface area contributed by atoms with Crippen LogP contribution in [0.4, 0.5) is 5.82 Å². The molecule has 0 saturated carbocycles. The molecule has 1 aromatic rings. The number of anilines is 1. The van der Waals surface area contributed by atoms with E-state index in [2.05, 4.69) is 4.98 Å². The lowest BCUT2D eigenvalue weighted by atomic mass is 9.91. The molecule has 15 heavy (non-hydrogen) atoms. The van der Waals surface area contributed by atoms with Gasteiger partial charge in [-0.3, -0.25) is 0 Å². The minimum Gasteiger partial charge on any atom is -0.455 e. The Morgan fingerprint density at radius 3 is 3.00 bits per heavy atom. The maximum atomic E-state index is 11.7. The van der Waals surface area contributed by atoms with E-state index in [1.807, 2.05) is 13.8 Å². The van der Waals surface area contributed by atoms with Crippen molar-refractivity contribution >= 4 is 11.8 Å². The highest BCUT2D eigenvalue weighted by Gasteiger charge is 2.35. The summed E-state index contributed by atoms with van der Waals surface area (Å²) in [5.41, 5.74) is 6.44. The molecule has 1 unspecified atom stereocenters. The van der Waals surface area contributed by atoms with E-state index in [4.69, 9.17) is 10.5 Å². The highest BCUT2D eigenvalue weighted by Crippen LogP contribution is 2.29. The maximum absolute atomic E-state index is 11.7. The molecule has 0 fully saturated rings. The van der Waals surface area contributed by atoms with Crippen LogP contribution in [0.5, 0.6) is 0 Å². The molecule has 2 rings (SSSR count). The normalized spacial score (nSPS) is 24.5. The molecule has 0 bridgehead atoms. The number of fused-ring (bicyclic) bond motifs is 1. The van der Waals surface area contributed by atoms with Crippen molar-refractivity contribution in [1.82, 2.24) is 4.98 Å². The monoisotopic (exact) mass is 206 g/mol. The molecular formula is C11H14N2O2. The first-order valence-corrected chi connectivity index (χ1v) is 5.03. The quantitative estimate of drug-likeness (QED) is 0.708. The summed E-state index contributed by atoms with van der Waals surface area (Å²) in [6, 6.07) is 3.30. The van der Waals surface area contributed by atoms with Gasteiger partial charge in [0.1, 0.15) is 11.4 Å². The summed E-state index contributed by atoms with van der Waals surface area (Å²) < 4.78 is 5.37. The minimum atomic E-state index is -0.440. The van der Waals surface area contributed by atoms with E-state index in [9.17, 15) is 4.79 Å². The number of hydrogen-bond donors (Lipinski definition) is 1. The van der Waals surface area contributed by atoms with E-state index in [0.29, 0.717) is 17.8 Å². The van der Waals surface area contributed by atoms with E-state index in [1.54, 1.807) is 12.1 Å². The van der Waals surface area contributed by atoms with Gasteiger partial charge in [-0.1, -0.05) is 6.92 Å². The summed E-state index contributed by atoms with van der Waals surface area (Å²) in [7, 11) is 0. The van der Waals surface area contributed by atoms with E-state index in [1.165, 1.54) is 0 Å². The fourth-order valence-corrected chi connectivity index (χ4v) is 1.71. The third-order valence-corrected chi connectivity index (χ3v) is 2.84. The van der Waals surface area contributed by atoms with Gasteiger partial charge in [-0.15, -0.1) is 0 Å². The summed E-state index contributed by atoms with van der Waals surface area (Å²) in [5, 5.41) is 0. The van der Waals surface area contributed by atoms with Crippen LogP contribution in [-0.4, -0.2) is 16.6 Å². The van der Waals surface area contributed by atoms with Gasteiger partial charge in [-0.25, -0.2) is 9.78 Å². The second kappa shape index (κ2) is 3.22. The molecule has 1 aliphatic rings. The second-order valence-electron chi connectivity index (χ2n) is 4.10. The zero-order valence-corrected chi connectivity index (χ0v) is 8.91. The molecule has 4 heteroatoms. The molecule has 0 aliphatic carbocycles. The van der Waals surface area contributed by atoms with Gasteiger partial charge in [-0.2, -0.15) is 0 Å². The van der Waals surface area contributed by atoms with Gasteiger partial charge in [0.05, 0.1) is 11.3 Å². The third-order valence-electron chi connectivity index (χ3n) is 2.84. The maximum Gasteiger partial charge on any atom is 0.340 e.